The molecule has 0 saturated carbocycles. The van der Waals surface area contributed by atoms with Crippen molar-refractivity contribution in [2.75, 3.05) is 25.6 Å². The predicted octanol–water partition coefficient (Wildman–Crippen LogP) is 4.08. The minimum Gasteiger partial charge on any atom is -0.493 e. The molecule has 29 heavy (non-hydrogen) atoms. The molecule has 1 aromatic carbocycles. The Morgan fingerprint density at radius 2 is 2.07 bits per heavy atom. The molecule has 1 aliphatic heterocycles. The number of allylic oxidation sites excluding steroid dienone is 1. The molecule has 3 rings (SSSR count). The number of esters is 1. The summed E-state index contributed by atoms with van der Waals surface area (Å²) in [5, 5.41) is 7.60. The summed E-state index contributed by atoms with van der Waals surface area (Å²) in [4.78, 5) is 17.3. The van der Waals surface area contributed by atoms with Crippen LogP contribution < -0.4 is 14.8 Å². The van der Waals surface area contributed by atoms with E-state index >= 15 is 0 Å². The molecule has 1 aromatic heterocycles. The number of hydrogen-bond acceptors (Lipinski definition) is 7. The minimum absolute atomic E-state index is 0.287. The maximum absolute atomic E-state index is 13.0. The number of carbonyl (C=O) groups excluding carboxylic acids is 1. The number of halogens is 1. The van der Waals surface area contributed by atoms with Crippen molar-refractivity contribution >= 4 is 27.8 Å². The number of methoxy groups -OCH3 is 1. The van der Waals surface area contributed by atoms with Crippen molar-refractivity contribution in [3.8, 4) is 11.5 Å². The van der Waals surface area contributed by atoms with Gasteiger partial charge in [-0.15, -0.1) is 0 Å². The van der Waals surface area contributed by atoms with Crippen LogP contribution in [0.25, 0.3) is 0 Å². The van der Waals surface area contributed by atoms with Crippen LogP contribution in [-0.4, -0.2) is 41.1 Å². The van der Waals surface area contributed by atoms with E-state index in [0.29, 0.717) is 36.0 Å². The highest BCUT2D eigenvalue weighted by molar-refractivity contribution is 9.10. The first kappa shape index (κ1) is 21.2. The lowest BCUT2D eigenvalue weighted by atomic mass is 9.93. The molecule has 2 heterocycles. The van der Waals surface area contributed by atoms with Crippen LogP contribution in [0.15, 0.2) is 34.2 Å². The normalized spacial score (nSPS) is 15.6. The number of benzene rings is 1. The molecule has 156 valence electrons. The first-order valence-corrected chi connectivity index (χ1v) is 10.4. The molecule has 2 aromatic rings. The zero-order chi connectivity index (χ0) is 21.0. The first-order valence-electron chi connectivity index (χ1n) is 9.62. The number of anilines is 1. The fraction of sp³-hybridized carbons (Fsp3) is 0.450. The third kappa shape index (κ3) is 4.10. The van der Waals surface area contributed by atoms with Crippen molar-refractivity contribution in [1.82, 2.24) is 14.8 Å². The summed E-state index contributed by atoms with van der Waals surface area (Å²) in [5.41, 5.74) is 2.12. The summed E-state index contributed by atoms with van der Waals surface area (Å²) in [6, 6.07) is 3.27. The Kier molecular flexibility index (Phi) is 6.79. The van der Waals surface area contributed by atoms with Gasteiger partial charge in [-0.25, -0.2) is 9.48 Å². The molecule has 8 nitrogen and oxygen atoms in total. The largest absolute Gasteiger partial charge is 0.493 e. The van der Waals surface area contributed by atoms with E-state index in [2.05, 4.69) is 38.3 Å². The van der Waals surface area contributed by atoms with Crippen molar-refractivity contribution < 1.29 is 19.0 Å². The molecule has 0 bridgehead atoms. The van der Waals surface area contributed by atoms with Gasteiger partial charge in [-0.1, -0.05) is 13.3 Å². The third-order valence-electron chi connectivity index (χ3n) is 4.53. The Balaban J connectivity index is 2.21. The van der Waals surface area contributed by atoms with Gasteiger partial charge >= 0.3 is 5.97 Å². The predicted molar refractivity (Wildman–Crippen MR) is 112 cm³/mol. The summed E-state index contributed by atoms with van der Waals surface area (Å²) >= 11 is 3.57. The van der Waals surface area contributed by atoms with Crippen molar-refractivity contribution in [1.29, 1.82) is 0 Å². The van der Waals surface area contributed by atoms with Crippen LogP contribution in [0, 0.1) is 0 Å². The van der Waals surface area contributed by atoms with Gasteiger partial charge in [0.1, 0.15) is 12.4 Å². The van der Waals surface area contributed by atoms with E-state index in [9.17, 15) is 4.79 Å². The van der Waals surface area contributed by atoms with Crippen LogP contribution in [0.1, 0.15) is 45.2 Å². The average Bonchev–Trinajstić information content (AvgIpc) is 3.17. The molecule has 0 saturated heterocycles. The smallest absolute Gasteiger partial charge is 0.338 e. The molecule has 9 heteroatoms. The van der Waals surface area contributed by atoms with Crippen LogP contribution in [0.5, 0.6) is 11.5 Å². The van der Waals surface area contributed by atoms with Gasteiger partial charge in [0.2, 0.25) is 5.95 Å². The van der Waals surface area contributed by atoms with Gasteiger partial charge in [-0.2, -0.15) is 10.1 Å². The molecule has 0 aliphatic carbocycles. The Labute approximate surface area is 178 Å². The standard InChI is InChI=1S/C20H25BrN4O4/c1-5-8-14-16(19(26)29-7-3)17(25-20(24-14)22-11-23-25)12-9-13(21)18(28-6-2)15(10-12)27-4/h9-11,17H,5-8H2,1-4H3,(H,22,23,24)/t17-/m1/s1. The van der Waals surface area contributed by atoms with E-state index in [4.69, 9.17) is 14.2 Å². The van der Waals surface area contributed by atoms with E-state index < -0.39 is 6.04 Å². The number of nitrogens with zero attached hydrogens (tertiary/aromatic N) is 3. The molecule has 0 amide bonds. The zero-order valence-corrected chi connectivity index (χ0v) is 18.6. The van der Waals surface area contributed by atoms with Gasteiger partial charge in [-0.3, -0.25) is 0 Å². The van der Waals surface area contributed by atoms with Crippen LogP contribution in [-0.2, 0) is 9.53 Å². The second-order valence-corrected chi connectivity index (χ2v) is 7.24. The van der Waals surface area contributed by atoms with E-state index in [1.807, 2.05) is 19.1 Å². The van der Waals surface area contributed by atoms with E-state index in [0.717, 1.165) is 22.2 Å². The van der Waals surface area contributed by atoms with Crippen molar-refractivity contribution in [2.45, 2.75) is 39.7 Å². The van der Waals surface area contributed by atoms with E-state index in [1.54, 1.807) is 18.7 Å². The fourth-order valence-electron chi connectivity index (χ4n) is 3.40. The number of ether oxygens (including phenoxy) is 3. The van der Waals surface area contributed by atoms with Crippen LogP contribution in [0.2, 0.25) is 0 Å². The molecule has 1 aliphatic rings. The van der Waals surface area contributed by atoms with Gasteiger partial charge in [0.15, 0.2) is 11.5 Å². The zero-order valence-electron chi connectivity index (χ0n) is 17.0. The van der Waals surface area contributed by atoms with Crippen molar-refractivity contribution in [3.05, 3.63) is 39.8 Å². The number of rotatable bonds is 8. The lowest BCUT2D eigenvalue weighted by Crippen LogP contribution is -2.30. The van der Waals surface area contributed by atoms with Gasteiger partial charge in [0.05, 0.1) is 30.4 Å². The maximum atomic E-state index is 13.0. The minimum atomic E-state index is -0.504. The number of carbonyl (C=O) groups is 1. The molecular formula is C20H25BrN4O4. The van der Waals surface area contributed by atoms with E-state index in [1.165, 1.54) is 6.33 Å². The second kappa shape index (κ2) is 9.30. The molecule has 0 unspecified atom stereocenters. The fourth-order valence-corrected chi connectivity index (χ4v) is 3.97. The number of hydrogen-bond donors (Lipinski definition) is 1. The first-order chi connectivity index (χ1) is 14.0. The van der Waals surface area contributed by atoms with Gasteiger partial charge < -0.3 is 19.5 Å². The third-order valence-corrected chi connectivity index (χ3v) is 5.12. The number of nitrogens with one attached hydrogen (secondary N) is 1. The van der Waals surface area contributed by atoms with Crippen LogP contribution in [0.4, 0.5) is 5.95 Å². The van der Waals surface area contributed by atoms with Crippen molar-refractivity contribution in [2.24, 2.45) is 0 Å². The molecule has 1 N–H and O–H groups in total. The molecule has 1 atom stereocenters. The number of aromatic nitrogens is 3. The summed E-state index contributed by atoms with van der Waals surface area (Å²) < 4.78 is 19.1. The highest BCUT2D eigenvalue weighted by atomic mass is 79.9. The van der Waals surface area contributed by atoms with Gasteiger partial charge in [0, 0.05) is 5.70 Å². The average molecular weight is 465 g/mol. The van der Waals surface area contributed by atoms with Crippen LogP contribution >= 0.6 is 15.9 Å². The molecule has 0 spiro atoms. The van der Waals surface area contributed by atoms with Gasteiger partial charge in [0.25, 0.3) is 0 Å². The molecule has 0 radical (unpaired) electrons. The Morgan fingerprint density at radius 3 is 2.72 bits per heavy atom. The monoisotopic (exact) mass is 464 g/mol. The van der Waals surface area contributed by atoms with Crippen molar-refractivity contribution in [3.63, 3.8) is 0 Å². The Morgan fingerprint density at radius 1 is 1.28 bits per heavy atom. The SMILES string of the molecule is CCCC1=C(C(=O)OCC)[C@@H](c2cc(Br)c(OCC)c(OC)c2)n2ncnc2N1. The summed E-state index contributed by atoms with van der Waals surface area (Å²) in [5.74, 6) is 1.38. The van der Waals surface area contributed by atoms with Gasteiger partial charge in [-0.05, 0) is 53.9 Å². The highest BCUT2D eigenvalue weighted by Gasteiger charge is 2.36. The van der Waals surface area contributed by atoms with Crippen LogP contribution in [0.3, 0.4) is 0 Å². The molecule has 0 fully saturated rings. The quantitative estimate of drug-likeness (QED) is 0.588. The Bertz CT molecular complexity index is 925. The summed E-state index contributed by atoms with van der Waals surface area (Å²) in [7, 11) is 1.59. The lowest BCUT2D eigenvalue weighted by molar-refractivity contribution is -0.139. The maximum Gasteiger partial charge on any atom is 0.338 e. The highest BCUT2D eigenvalue weighted by Crippen LogP contribution is 2.43. The summed E-state index contributed by atoms with van der Waals surface area (Å²) in [6.07, 6.45) is 3.02. The number of fused-ring (bicyclic) bond motifs is 1. The lowest BCUT2D eigenvalue weighted by Gasteiger charge is -2.30. The topological polar surface area (TPSA) is 87.5 Å². The van der Waals surface area contributed by atoms with E-state index in [-0.39, 0.29) is 12.6 Å². The summed E-state index contributed by atoms with van der Waals surface area (Å²) in [6.45, 7) is 6.55. The Hall–Kier alpha value is -2.55. The molecular weight excluding hydrogens is 440 g/mol. The second-order valence-electron chi connectivity index (χ2n) is 6.39.